The van der Waals surface area contributed by atoms with Gasteiger partial charge in [0.1, 0.15) is 22.5 Å². The number of rotatable bonds is 2. The number of hydrogen-bond acceptors (Lipinski definition) is 6. The Kier molecular flexibility index (Phi) is 6.47. The Bertz CT molecular complexity index is 1450. The van der Waals surface area contributed by atoms with E-state index in [1.807, 2.05) is 84.9 Å². The molecule has 0 bridgehead atoms. The van der Waals surface area contributed by atoms with E-state index < -0.39 is 0 Å². The van der Waals surface area contributed by atoms with E-state index in [-0.39, 0.29) is 12.4 Å². The van der Waals surface area contributed by atoms with Crippen LogP contribution in [0.5, 0.6) is 11.5 Å². The summed E-state index contributed by atoms with van der Waals surface area (Å²) in [5, 5.41) is 0. The monoisotopic (exact) mass is 456 g/mol. The summed E-state index contributed by atoms with van der Waals surface area (Å²) in [6.07, 6.45) is 0. The highest BCUT2D eigenvalue weighted by molar-refractivity contribution is 5.90. The summed E-state index contributed by atoms with van der Waals surface area (Å²) >= 11 is 0. The van der Waals surface area contributed by atoms with Gasteiger partial charge < -0.3 is 9.47 Å². The second-order valence-electron chi connectivity index (χ2n) is 7.08. The summed E-state index contributed by atoms with van der Waals surface area (Å²) < 4.78 is 10.5. The molecule has 4 aromatic carbocycles. The van der Waals surface area contributed by atoms with Crippen LogP contribution in [0.2, 0.25) is 0 Å². The van der Waals surface area contributed by atoms with E-state index in [0.717, 1.165) is 55.6 Å². The number of ether oxygens (including phenoxy) is 2. The molecule has 0 saturated carbocycles. The van der Waals surface area contributed by atoms with Gasteiger partial charge >= 0.3 is 0 Å². The van der Waals surface area contributed by atoms with Gasteiger partial charge in [0.2, 0.25) is 0 Å². The van der Waals surface area contributed by atoms with Crippen molar-refractivity contribution in [2.24, 2.45) is 0 Å². The summed E-state index contributed by atoms with van der Waals surface area (Å²) in [5.74, 6) is 1.52. The number of nitrogens with zero attached hydrogens (tertiary/aromatic N) is 4. The average molecular weight is 457 g/mol. The van der Waals surface area contributed by atoms with Crippen LogP contribution in [0.3, 0.4) is 0 Å². The lowest BCUT2D eigenvalue weighted by molar-refractivity contribution is 0.419. The number of para-hydroxylation sites is 6. The summed E-state index contributed by atoms with van der Waals surface area (Å²) in [6, 6.07) is 27.2. The maximum absolute atomic E-state index is 5.27. The second-order valence-corrected chi connectivity index (χ2v) is 7.08. The van der Waals surface area contributed by atoms with E-state index in [1.165, 1.54) is 0 Å². The molecule has 0 aliphatic rings. The molecule has 7 heteroatoms. The van der Waals surface area contributed by atoms with Crippen molar-refractivity contribution >= 4 is 56.5 Å². The molecule has 0 aliphatic carbocycles. The third-order valence-electron chi connectivity index (χ3n) is 5.11. The van der Waals surface area contributed by atoms with Gasteiger partial charge in [0.25, 0.3) is 0 Å². The molecule has 0 fully saturated rings. The highest BCUT2D eigenvalue weighted by Crippen LogP contribution is 2.25. The van der Waals surface area contributed by atoms with Crippen molar-refractivity contribution in [1.82, 2.24) is 19.9 Å². The number of aromatic nitrogens is 4. The first-order valence-electron chi connectivity index (χ1n) is 10.2. The summed E-state index contributed by atoms with van der Waals surface area (Å²) in [4.78, 5) is 18.2. The molecule has 0 N–H and O–H groups in total. The molecular formula is C26H21ClN4O2. The molecule has 33 heavy (non-hydrogen) atoms. The maximum Gasteiger partial charge on any atom is 0.146 e. The molecular weight excluding hydrogens is 436 g/mol. The van der Waals surface area contributed by atoms with Crippen molar-refractivity contribution in [2.75, 3.05) is 14.2 Å². The van der Waals surface area contributed by atoms with Crippen molar-refractivity contribution in [3.8, 4) is 11.5 Å². The van der Waals surface area contributed by atoms with Gasteiger partial charge in [-0.15, -0.1) is 12.4 Å². The molecule has 0 atom stereocenters. The smallest absolute Gasteiger partial charge is 0.146 e. The zero-order chi connectivity index (χ0) is 21.9. The molecule has 0 amide bonds. The van der Waals surface area contributed by atoms with Crippen LogP contribution in [0, 0.1) is 0 Å². The van der Waals surface area contributed by atoms with Crippen LogP contribution in [0.15, 0.2) is 84.9 Å². The van der Waals surface area contributed by atoms with Gasteiger partial charge in [0.15, 0.2) is 0 Å². The SMILES string of the molecule is COc1cccc2nc3ccccc3nc12.COc1cccc2nc3ccccc3nc12.Cl. The Morgan fingerprint density at radius 1 is 0.424 bits per heavy atom. The van der Waals surface area contributed by atoms with Crippen molar-refractivity contribution < 1.29 is 9.47 Å². The third kappa shape index (κ3) is 4.33. The largest absolute Gasteiger partial charge is 0.494 e. The Labute approximate surface area is 196 Å². The lowest BCUT2D eigenvalue weighted by Gasteiger charge is -2.04. The lowest BCUT2D eigenvalue weighted by Crippen LogP contribution is -1.91. The Morgan fingerprint density at radius 3 is 1.12 bits per heavy atom. The molecule has 6 rings (SSSR count). The molecule has 0 aliphatic heterocycles. The van der Waals surface area contributed by atoms with Crippen LogP contribution in [-0.4, -0.2) is 34.2 Å². The van der Waals surface area contributed by atoms with Crippen molar-refractivity contribution in [2.45, 2.75) is 0 Å². The van der Waals surface area contributed by atoms with Gasteiger partial charge in [-0.25, -0.2) is 19.9 Å². The van der Waals surface area contributed by atoms with E-state index in [4.69, 9.17) is 9.47 Å². The fourth-order valence-corrected chi connectivity index (χ4v) is 3.56. The standard InChI is InChI=1S/2C13H10N2O.ClH/c2*1-16-12-8-4-7-11-13(12)15-10-6-3-2-5-9(10)14-11;/h2*2-8H,1H3;1H. The van der Waals surface area contributed by atoms with E-state index >= 15 is 0 Å². The molecule has 164 valence electrons. The van der Waals surface area contributed by atoms with Crippen LogP contribution >= 0.6 is 12.4 Å². The first-order chi connectivity index (χ1) is 15.8. The normalized spacial score (nSPS) is 10.5. The number of hydrogen-bond donors (Lipinski definition) is 0. The Hall–Kier alpha value is -4.03. The molecule has 0 spiro atoms. The summed E-state index contributed by atoms with van der Waals surface area (Å²) in [7, 11) is 3.29. The predicted octanol–water partition coefficient (Wildman–Crippen LogP) is 6.01. The lowest BCUT2D eigenvalue weighted by atomic mass is 10.2. The highest BCUT2D eigenvalue weighted by atomic mass is 35.5. The molecule has 0 saturated heterocycles. The first kappa shape index (κ1) is 22.2. The quantitative estimate of drug-likeness (QED) is 0.297. The number of halogens is 1. The molecule has 2 aromatic heterocycles. The Morgan fingerprint density at radius 2 is 0.758 bits per heavy atom. The van der Waals surface area contributed by atoms with Crippen molar-refractivity contribution in [3.05, 3.63) is 84.9 Å². The highest BCUT2D eigenvalue weighted by Gasteiger charge is 2.06. The topological polar surface area (TPSA) is 70.0 Å². The van der Waals surface area contributed by atoms with Crippen molar-refractivity contribution in [3.63, 3.8) is 0 Å². The minimum absolute atomic E-state index is 0. The van der Waals surface area contributed by atoms with Gasteiger partial charge in [0.05, 0.1) is 47.3 Å². The van der Waals surface area contributed by atoms with E-state index in [0.29, 0.717) is 0 Å². The molecule has 0 radical (unpaired) electrons. The fraction of sp³-hybridized carbons (Fsp3) is 0.0769. The van der Waals surface area contributed by atoms with E-state index in [9.17, 15) is 0 Å². The van der Waals surface area contributed by atoms with Gasteiger partial charge in [0, 0.05) is 0 Å². The van der Waals surface area contributed by atoms with Crippen molar-refractivity contribution in [1.29, 1.82) is 0 Å². The van der Waals surface area contributed by atoms with Crippen LogP contribution in [-0.2, 0) is 0 Å². The maximum atomic E-state index is 5.27. The summed E-state index contributed by atoms with van der Waals surface area (Å²) in [6.45, 7) is 0. The van der Waals surface area contributed by atoms with Crippen LogP contribution < -0.4 is 9.47 Å². The van der Waals surface area contributed by atoms with Gasteiger partial charge in [-0.05, 0) is 48.5 Å². The van der Waals surface area contributed by atoms with Gasteiger partial charge in [-0.3, -0.25) is 0 Å². The first-order valence-corrected chi connectivity index (χ1v) is 10.2. The minimum atomic E-state index is 0. The second kappa shape index (κ2) is 9.63. The van der Waals surface area contributed by atoms with Gasteiger partial charge in [-0.1, -0.05) is 36.4 Å². The zero-order valence-electron chi connectivity index (χ0n) is 18.1. The molecule has 6 aromatic rings. The minimum Gasteiger partial charge on any atom is -0.494 e. The third-order valence-corrected chi connectivity index (χ3v) is 5.11. The van der Waals surface area contributed by atoms with E-state index in [2.05, 4.69) is 19.9 Å². The zero-order valence-corrected chi connectivity index (χ0v) is 18.9. The molecule has 6 nitrogen and oxygen atoms in total. The fourth-order valence-electron chi connectivity index (χ4n) is 3.56. The Balaban J connectivity index is 0.000000152. The number of benzene rings is 4. The molecule has 0 unspecified atom stereocenters. The van der Waals surface area contributed by atoms with Crippen LogP contribution in [0.4, 0.5) is 0 Å². The van der Waals surface area contributed by atoms with Gasteiger partial charge in [-0.2, -0.15) is 0 Å². The summed E-state index contributed by atoms with van der Waals surface area (Å²) in [5.41, 5.74) is 6.93. The van der Waals surface area contributed by atoms with Crippen LogP contribution in [0.25, 0.3) is 44.1 Å². The average Bonchev–Trinajstić information content (AvgIpc) is 2.85. The van der Waals surface area contributed by atoms with Crippen LogP contribution in [0.1, 0.15) is 0 Å². The molecule has 2 heterocycles. The van der Waals surface area contributed by atoms with E-state index in [1.54, 1.807) is 14.2 Å². The number of methoxy groups -OCH3 is 2. The predicted molar refractivity (Wildman–Crippen MR) is 134 cm³/mol. The number of fused-ring (bicyclic) bond motifs is 4.